The largest absolute Gasteiger partial charge is 0.467 e. The van der Waals surface area contributed by atoms with Crippen LogP contribution in [0.2, 0.25) is 0 Å². The van der Waals surface area contributed by atoms with Crippen LogP contribution >= 0.6 is 0 Å². The lowest BCUT2D eigenvalue weighted by atomic mass is 10.1. The molecule has 6 nitrogen and oxygen atoms in total. The Hall–Kier alpha value is -3.97. The first-order chi connectivity index (χ1) is 16.5. The smallest absolute Gasteiger partial charge is 0.259 e. The summed E-state index contributed by atoms with van der Waals surface area (Å²) in [6.45, 7) is 2.52. The van der Waals surface area contributed by atoms with Crippen LogP contribution < -0.4 is 10.2 Å². The van der Waals surface area contributed by atoms with Crippen LogP contribution in [0.4, 0.5) is 5.69 Å². The van der Waals surface area contributed by atoms with Gasteiger partial charge in [0.05, 0.1) is 51.2 Å². The van der Waals surface area contributed by atoms with Gasteiger partial charge >= 0.3 is 0 Å². The van der Waals surface area contributed by atoms with Crippen LogP contribution in [-0.4, -0.2) is 16.0 Å². The highest BCUT2D eigenvalue weighted by atomic mass is 32.2. The van der Waals surface area contributed by atoms with Gasteiger partial charge in [0.1, 0.15) is 5.76 Å². The third kappa shape index (κ3) is 4.06. The first kappa shape index (κ1) is 21.9. The fourth-order valence-corrected chi connectivity index (χ4v) is 5.35. The Morgan fingerprint density at radius 3 is 2.56 bits per heavy atom. The highest BCUT2D eigenvalue weighted by Gasteiger charge is 2.31. The van der Waals surface area contributed by atoms with Gasteiger partial charge in [0.25, 0.3) is 11.8 Å². The number of hydrogen-bond donors (Lipinski definition) is 1. The minimum atomic E-state index is -1.57. The molecule has 7 heteroatoms. The molecule has 2 amide bonds. The number of hydrogen-bond acceptors (Lipinski definition) is 4. The Labute approximate surface area is 199 Å². The van der Waals surface area contributed by atoms with Crippen molar-refractivity contribution in [2.24, 2.45) is 0 Å². The molecule has 1 atom stereocenters. The number of furan rings is 1. The van der Waals surface area contributed by atoms with Crippen molar-refractivity contribution in [1.82, 2.24) is 5.32 Å². The third-order valence-corrected chi connectivity index (χ3v) is 7.37. The van der Waals surface area contributed by atoms with Crippen molar-refractivity contribution in [1.29, 1.82) is 0 Å². The van der Waals surface area contributed by atoms with Crippen molar-refractivity contribution >= 4 is 28.3 Å². The number of amides is 2. The predicted molar refractivity (Wildman–Crippen MR) is 129 cm³/mol. The van der Waals surface area contributed by atoms with Crippen molar-refractivity contribution in [2.45, 2.75) is 29.8 Å². The van der Waals surface area contributed by atoms with Gasteiger partial charge in [0.15, 0.2) is 0 Å². The maximum absolute atomic E-state index is 13.7. The fourth-order valence-electron chi connectivity index (χ4n) is 4.00. The minimum Gasteiger partial charge on any atom is -0.467 e. The van der Waals surface area contributed by atoms with Crippen molar-refractivity contribution in [3.8, 4) is 0 Å². The zero-order chi connectivity index (χ0) is 23.7. The summed E-state index contributed by atoms with van der Waals surface area (Å²) in [4.78, 5) is 29.2. The maximum Gasteiger partial charge on any atom is 0.259 e. The van der Waals surface area contributed by atoms with Gasteiger partial charge in [-0.2, -0.15) is 0 Å². The Balaban J connectivity index is 1.58. The number of carbonyl (C=O) groups is 2. The summed E-state index contributed by atoms with van der Waals surface area (Å²) in [5.41, 5.74) is 3.25. The van der Waals surface area contributed by atoms with E-state index in [4.69, 9.17) is 4.42 Å². The average Bonchev–Trinajstić information content (AvgIpc) is 3.37. The van der Waals surface area contributed by atoms with Crippen molar-refractivity contribution in [3.63, 3.8) is 0 Å². The molecule has 0 saturated carbocycles. The van der Waals surface area contributed by atoms with Crippen molar-refractivity contribution in [3.05, 3.63) is 113 Å². The average molecular weight is 471 g/mol. The highest BCUT2D eigenvalue weighted by molar-refractivity contribution is 7.85. The Morgan fingerprint density at radius 1 is 0.971 bits per heavy atom. The number of nitrogens with one attached hydrogen (secondary N) is 1. The second kappa shape index (κ2) is 9.11. The molecule has 1 aliphatic heterocycles. The monoisotopic (exact) mass is 470 g/mol. The van der Waals surface area contributed by atoms with Crippen LogP contribution in [0.3, 0.4) is 0 Å². The number of fused-ring (bicyclic) bond motifs is 2. The van der Waals surface area contributed by atoms with Gasteiger partial charge in [-0.25, -0.2) is 4.21 Å². The van der Waals surface area contributed by atoms with Gasteiger partial charge in [-0.1, -0.05) is 36.4 Å². The number of carbonyl (C=O) groups excluding carboxylic acids is 2. The van der Waals surface area contributed by atoms with Crippen LogP contribution in [0.15, 0.2) is 99.3 Å². The lowest BCUT2D eigenvalue weighted by molar-refractivity contribution is 0.0945. The molecule has 3 aromatic carbocycles. The molecule has 34 heavy (non-hydrogen) atoms. The van der Waals surface area contributed by atoms with Gasteiger partial charge in [-0.05, 0) is 60.5 Å². The van der Waals surface area contributed by atoms with E-state index in [1.807, 2.05) is 31.2 Å². The number of nitrogens with zero attached hydrogens (tertiary/aromatic N) is 1. The van der Waals surface area contributed by atoms with Crippen LogP contribution in [0.25, 0.3) is 0 Å². The molecule has 0 aliphatic carbocycles. The maximum atomic E-state index is 13.7. The first-order valence-electron chi connectivity index (χ1n) is 10.8. The molecular formula is C27H22N2O4S. The SMILES string of the molecule is Cc1ccccc1CN1C(=O)c2ccccc2[S@@](=O)c2ccc(C(=O)NCc3ccco3)cc21. The Bertz CT molecular complexity index is 1410. The summed E-state index contributed by atoms with van der Waals surface area (Å²) in [5.74, 6) is 0.0742. The van der Waals surface area contributed by atoms with E-state index in [0.717, 1.165) is 11.1 Å². The summed E-state index contributed by atoms with van der Waals surface area (Å²) in [5, 5.41) is 2.83. The van der Waals surface area contributed by atoms with Gasteiger partial charge in [-0.15, -0.1) is 0 Å². The number of anilines is 1. The van der Waals surface area contributed by atoms with Crippen LogP contribution in [0.1, 0.15) is 37.6 Å². The molecule has 2 heterocycles. The summed E-state index contributed by atoms with van der Waals surface area (Å²) >= 11 is 0. The van der Waals surface area contributed by atoms with Gasteiger partial charge < -0.3 is 14.6 Å². The lowest BCUT2D eigenvalue weighted by Gasteiger charge is -2.24. The van der Waals surface area contributed by atoms with E-state index in [-0.39, 0.29) is 18.4 Å². The fraction of sp³-hybridized carbons (Fsp3) is 0.111. The second-order valence-electron chi connectivity index (χ2n) is 8.03. The molecule has 1 aliphatic rings. The third-order valence-electron chi connectivity index (χ3n) is 5.87. The summed E-state index contributed by atoms with van der Waals surface area (Å²) in [6, 6.07) is 23.3. The molecule has 1 aromatic heterocycles. The van der Waals surface area contributed by atoms with Crippen molar-refractivity contribution < 1.29 is 18.2 Å². The van der Waals surface area contributed by atoms with E-state index >= 15 is 0 Å². The number of aryl methyl sites for hydroxylation is 1. The van der Waals surface area contributed by atoms with Crippen molar-refractivity contribution in [2.75, 3.05) is 4.90 Å². The topological polar surface area (TPSA) is 79.6 Å². The van der Waals surface area contributed by atoms with Crippen LogP contribution in [-0.2, 0) is 23.9 Å². The molecule has 0 bridgehead atoms. The van der Waals surface area contributed by atoms with E-state index < -0.39 is 10.8 Å². The zero-order valence-electron chi connectivity index (χ0n) is 18.5. The van der Waals surface area contributed by atoms with E-state index in [1.54, 1.807) is 65.8 Å². The Kier molecular flexibility index (Phi) is 5.86. The van der Waals surface area contributed by atoms with Gasteiger partial charge in [0, 0.05) is 5.56 Å². The lowest BCUT2D eigenvalue weighted by Crippen LogP contribution is -2.31. The molecule has 4 aromatic rings. The highest BCUT2D eigenvalue weighted by Crippen LogP contribution is 2.36. The normalized spacial score (nSPS) is 14.8. The molecule has 1 N–H and O–H groups in total. The second-order valence-corrected chi connectivity index (χ2v) is 9.44. The predicted octanol–water partition coefficient (Wildman–Crippen LogP) is 4.85. The van der Waals surface area contributed by atoms with Gasteiger partial charge in [0.2, 0.25) is 0 Å². The molecule has 170 valence electrons. The summed E-state index contributed by atoms with van der Waals surface area (Å²) in [7, 11) is -1.57. The van der Waals surface area contributed by atoms with E-state index in [1.165, 1.54) is 0 Å². The molecule has 0 unspecified atom stereocenters. The van der Waals surface area contributed by atoms with E-state index in [0.29, 0.717) is 38.9 Å². The quantitative estimate of drug-likeness (QED) is 0.452. The van der Waals surface area contributed by atoms with Crippen LogP contribution in [0.5, 0.6) is 0 Å². The number of rotatable bonds is 5. The summed E-state index contributed by atoms with van der Waals surface area (Å²) in [6.07, 6.45) is 1.55. The Morgan fingerprint density at radius 2 is 1.76 bits per heavy atom. The van der Waals surface area contributed by atoms with E-state index in [9.17, 15) is 13.8 Å². The molecule has 0 radical (unpaired) electrons. The molecule has 0 spiro atoms. The van der Waals surface area contributed by atoms with E-state index in [2.05, 4.69) is 5.32 Å². The molecule has 0 fully saturated rings. The number of benzene rings is 3. The first-order valence-corrected chi connectivity index (χ1v) is 12.0. The standard InChI is InChI=1S/C27H22N2O4S/c1-18-7-2-3-8-20(18)17-29-23-15-19(26(30)28-16-21-9-6-14-33-21)12-13-25(23)34(32)24-11-5-4-10-22(24)27(29)31/h2-15H,16-17H2,1H3,(H,28,30)/t34-/m1/s1. The zero-order valence-corrected chi connectivity index (χ0v) is 19.3. The van der Waals surface area contributed by atoms with Gasteiger partial charge in [-0.3, -0.25) is 9.59 Å². The summed E-state index contributed by atoms with van der Waals surface area (Å²) < 4.78 is 18.8. The molecular weight excluding hydrogens is 448 g/mol. The molecule has 5 rings (SSSR count). The minimum absolute atomic E-state index is 0.242. The molecule has 0 saturated heterocycles. The van der Waals surface area contributed by atoms with Crippen LogP contribution in [0, 0.1) is 6.92 Å².